The Morgan fingerprint density at radius 2 is 1.09 bits per heavy atom. The van der Waals surface area contributed by atoms with Crippen molar-refractivity contribution in [3.63, 3.8) is 0 Å². The summed E-state index contributed by atoms with van der Waals surface area (Å²) in [5.74, 6) is 0. The van der Waals surface area contributed by atoms with E-state index in [4.69, 9.17) is 23.2 Å². The van der Waals surface area contributed by atoms with Crippen molar-refractivity contribution in [3.05, 3.63) is 34.3 Å². The van der Waals surface area contributed by atoms with E-state index in [0.717, 1.165) is 10.0 Å². The lowest BCUT2D eigenvalue weighted by atomic mass is 10.4. The molecule has 0 aliphatic heterocycles. The summed E-state index contributed by atoms with van der Waals surface area (Å²) in [6.45, 7) is 0. The summed E-state index contributed by atoms with van der Waals surface area (Å²) in [7, 11) is 0. The molecule has 1 rings (SSSR count). The monoisotopic (exact) mass is 222 g/mol. The quantitative estimate of drug-likeness (QED) is 0.609. The van der Waals surface area contributed by atoms with E-state index in [1.165, 1.54) is 0 Å². The summed E-state index contributed by atoms with van der Waals surface area (Å²) < 4.78 is 1.92. The molecule has 0 unspecified atom stereocenters. The molecule has 0 atom stereocenters. The second-order valence-electron chi connectivity index (χ2n) is 1.52. The largest absolute Gasteiger partial charge is 0.0843 e. The van der Waals surface area contributed by atoms with Crippen molar-refractivity contribution in [3.8, 4) is 0 Å². The van der Waals surface area contributed by atoms with Crippen LogP contribution in [0.1, 0.15) is 0 Å². The standard InChI is InChI=1S/C6H4Cl2.CS2/c7-5-1-2-6(8)4-3-5;2-1-3/h1-4H;. The molecular formula is C7H4Cl2S2. The molecule has 0 spiro atoms. The van der Waals surface area contributed by atoms with Gasteiger partial charge in [-0.25, -0.2) is 0 Å². The first kappa shape index (κ1) is 11.0. The Balaban J connectivity index is 0.000000292. The summed E-state index contributed by atoms with van der Waals surface area (Å²) in [4.78, 5) is 0. The number of benzene rings is 1. The highest BCUT2D eigenvalue weighted by Crippen LogP contribution is 2.12. The molecule has 1 aromatic rings. The van der Waals surface area contributed by atoms with Gasteiger partial charge in [0.25, 0.3) is 0 Å². The highest BCUT2D eigenvalue weighted by molar-refractivity contribution is 7.93. The van der Waals surface area contributed by atoms with E-state index in [9.17, 15) is 0 Å². The van der Waals surface area contributed by atoms with E-state index in [1.807, 2.05) is 4.31 Å². The summed E-state index contributed by atoms with van der Waals surface area (Å²) >= 11 is 19.0. The highest BCUT2D eigenvalue weighted by atomic mass is 35.5. The van der Waals surface area contributed by atoms with Crippen LogP contribution in [0.25, 0.3) is 0 Å². The third-order valence-electron chi connectivity index (χ3n) is 0.804. The normalized spacial score (nSPS) is 7.45. The topological polar surface area (TPSA) is 0 Å². The van der Waals surface area contributed by atoms with Crippen molar-refractivity contribution >= 4 is 52.0 Å². The van der Waals surface area contributed by atoms with Crippen LogP contribution in [-0.4, -0.2) is 4.31 Å². The minimum atomic E-state index is 0.717. The van der Waals surface area contributed by atoms with Crippen molar-refractivity contribution in [1.29, 1.82) is 0 Å². The molecular weight excluding hydrogens is 219 g/mol. The van der Waals surface area contributed by atoms with Gasteiger partial charge in [0.15, 0.2) is 0 Å². The smallest absolute Gasteiger partial charge is 0.0407 e. The van der Waals surface area contributed by atoms with E-state index in [0.29, 0.717) is 0 Å². The maximum Gasteiger partial charge on any atom is 0.0407 e. The fraction of sp³-hybridized carbons (Fsp3) is 0. The lowest BCUT2D eigenvalue weighted by Crippen LogP contribution is -1.60. The first-order valence-electron chi connectivity index (χ1n) is 2.61. The van der Waals surface area contributed by atoms with Gasteiger partial charge in [0.2, 0.25) is 0 Å². The number of halogens is 2. The van der Waals surface area contributed by atoms with Gasteiger partial charge < -0.3 is 0 Å². The third kappa shape index (κ3) is 6.42. The summed E-state index contributed by atoms with van der Waals surface area (Å²) in [6, 6.07) is 7.02. The molecule has 1 aromatic carbocycles. The molecule has 0 aromatic heterocycles. The van der Waals surface area contributed by atoms with E-state index in [-0.39, 0.29) is 0 Å². The molecule has 11 heavy (non-hydrogen) atoms. The summed E-state index contributed by atoms with van der Waals surface area (Å²) in [5.41, 5.74) is 0. The lowest BCUT2D eigenvalue weighted by Gasteiger charge is -1.86. The Kier molecular flexibility index (Phi) is 6.73. The Labute approximate surface area is 86.1 Å². The molecule has 0 heterocycles. The number of hydrogen-bond donors (Lipinski definition) is 0. The van der Waals surface area contributed by atoms with Crippen LogP contribution >= 0.6 is 47.6 Å². The molecule has 58 valence electrons. The van der Waals surface area contributed by atoms with Crippen LogP contribution in [-0.2, 0) is 0 Å². The number of thiocarbonyl (C=S) groups is 2. The third-order valence-corrected chi connectivity index (χ3v) is 1.31. The van der Waals surface area contributed by atoms with E-state index in [1.54, 1.807) is 24.3 Å². The van der Waals surface area contributed by atoms with Crippen LogP contribution in [0.2, 0.25) is 10.0 Å². The predicted octanol–water partition coefficient (Wildman–Crippen LogP) is 4.01. The average molecular weight is 223 g/mol. The molecule has 4 heteroatoms. The zero-order chi connectivity index (χ0) is 8.69. The maximum atomic E-state index is 5.55. The van der Waals surface area contributed by atoms with Crippen molar-refractivity contribution in [2.75, 3.05) is 0 Å². The van der Waals surface area contributed by atoms with Crippen LogP contribution in [0.15, 0.2) is 24.3 Å². The van der Waals surface area contributed by atoms with Gasteiger partial charge in [-0.3, -0.25) is 0 Å². The van der Waals surface area contributed by atoms with Crippen molar-refractivity contribution in [1.82, 2.24) is 0 Å². The number of rotatable bonds is 0. The Morgan fingerprint density at radius 1 is 0.909 bits per heavy atom. The molecule has 0 N–H and O–H groups in total. The van der Waals surface area contributed by atoms with Gasteiger partial charge in [-0.15, -0.1) is 0 Å². The second kappa shape index (κ2) is 6.71. The van der Waals surface area contributed by atoms with Crippen molar-refractivity contribution < 1.29 is 0 Å². The maximum absolute atomic E-state index is 5.55. The van der Waals surface area contributed by atoms with E-state index in [2.05, 4.69) is 24.4 Å². The lowest BCUT2D eigenvalue weighted by molar-refractivity contribution is 1.71. The van der Waals surface area contributed by atoms with E-state index >= 15 is 0 Å². The zero-order valence-electron chi connectivity index (χ0n) is 5.38. The second-order valence-corrected chi connectivity index (χ2v) is 3.06. The Hall–Kier alpha value is 0.0200. The average Bonchev–Trinajstić information content (AvgIpc) is 1.97. The van der Waals surface area contributed by atoms with Gasteiger partial charge >= 0.3 is 0 Å². The van der Waals surface area contributed by atoms with Gasteiger partial charge in [-0.2, -0.15) is 0 Å². The van der Waals surface area contributed by atoms with Crippen LogP contribution in [0.3, 0.4) is 0 Å². The minimum Gasteiger partial charge on any atom is -0.0843 e. The molecule has 0 fully saturated rings. The van der Waals surface area contributed by atoms with Gasteiger partial charge in [0.1, 0.15) is 0 Å². The van der Waals surface area contributed by atoms with Crippen LogP contribution in [0.4, 0.5) is 0 Å². The predicted molar refractivity (Wildman–Crippen MR) is 56.7 cm³/mol. The van der Waals surface area contributed by atoms with Crippen LogP contribution in [0.5, 0.6) is 0 Å². The fourth-order valence-electron chi connectivity index (χ4n) is 0.430. The molecule has 0 radical (unpaired) electrons. The molecule has 0 saturated heterocycles. The van der Waals surface area contributed by atoms with Gasteiger partial charge in [0, 0.05) is 14.4 Å². The van der Waals surface area contributed by atoms with Gasteiger partial charge in [0.05, 0.1) is 0 Å². The molecule has 0 amide bonds. The molecule has 0 nitrogen and oxygen atoms in total. The first-order chi connectivity index (χ1) is 5.20. The zero-order valence-corrected chi connectivity index (χ0v) is 8.53. The Morgan fingerprint density at radius 3 is 1.27 bits per heavy atom. The van der Waals surface area contributed by atoms with Crippen molar-refractivity contribution in [2.45, 2.75) is 0 Å². The molecule has 0 bridgehead atoms. The fourth-order valence-corrected chi connectivity index (χ4v) is 0.682. The van der Waals surface area contributed by atoms with Crippen molar-refractivity contribution in [2.24, 2.45) is 0 Å². The number of hydrogen-bond acceptors (Lipinski definition) is 2. The van der Waals surface area contributed by atoms with Gasteiger partial charge in [-0.05, 0) is 48.7 Å². The molecule has 0 aliphatic rings. The molecule has 0 aliphatic carbocycles. The Bertz CT molecular complexity index is 216. The highest BCUT2D eigenvalue weighted by Gasteiger charge is 1.83. The first-order valence-corrected chi connectivity index (χ1v) is 4.18. The molecule has 0 saturated carbocycles. The SMILES string of the molecule is Clc1ccc(Cl)cc1.S=C=S. The van der Waals surface area contributed by atoms with Crippen LogP contribution < -0.4 is 0 Å². The van der Waals surface area contributed by atoms with E-state index < -0.39 is 0 Å². The van der Waals surface area contributed by atoms with Crippen LogP contribution in [0, 0.1) is 0 Å². The summed E-state index contributed by atoms with van der Waals surface area (Å²) in [6.07, 6.45) is 0. The minimum absolute atomic E-state index is 0.717. The van der Waals surface area contributed by atoms with Gasteiger partial charge in [-0.1, -0.05) is 23.2 Å². The summed E-state index contributed by atoms with van der Waals surface area (Å²) in [5, 5.41) is 1.43.